The van der Waals surface area contributed by atoms with Crippen LogP contribution >= 0.6 is 0 Å². The number of allylic oxidation sites excluding steroid dienone is 1. The first kappa shape index (κ1) is 13.8. The van der Waals surface area contributed by atoms with Crippen LogP contribution in [-0.4, -0.2) is 13.1 Å². The zero-order valence-electron chi connectivity index (χ0n) is 11.6. The molecule has 0 heterocycles. The lowest BCUT2D eigenvalue weighted by atomic mass is 9.66. The lowest BCUT2D eigenvalue weighted by molar-refractivity contribution is 0.155. The van der Waals surface area contributed by atoms with Gasteiger partial charge in [-0.3, -0.25) is 0 Å². The van der Waals surface area contributed by atoms with E-state index in [0.717, 1.165) is 11.8 Å². The van der Waals surface area contributed by atoms with Gasteiger partial charge in [-0.2, -0.15) is 0 Å². The van der Waals surface area contributed by atoms with Crippen molar-refractivity contribution in [3.8, 4) is 0 Å². The lowest BCUT2D eigenvalue weighted by Crippen LogP contribution is -2.40. The number of nitrogens with one attached hydrogen (secondary N) is 1. The minimum absolute atomic E-state index is 0.359. The van der Waals surface area contributed by atoms with Crippen molar-refractivity contribution in [2.75, 3.05) is 7.05 Å². The van der Waals surface area contributed by atoms with E-state index in [2.05, 4.69) is 45.8 Å². The predicted octanol–water partition coefficient (Wildman–Crippen LogP) is 4.00. The fourth-order valence-electron chi connectivity index (χ4n) is 3.69. The molecule has 0 spiro atoms. The number of rotatable bonds is 6. The van der Waals surface area contributed by atoms with Crippen molar-refractivity contribution >= 4 is 0 Å². The molecule has 1 aliphatic rings. The lowest BCUT2D eigenvalue weighted by Gasteiger charge is -2.40. The molecule has 0 bridgehead atoms. The molecule has 1 fully saturated rings. The van der Waals surface area contributed by atoms with E-state index in [9.17, 15) is 0 Å². The van der Waals surface area contributed by atoms with E-state index in [-0.39, 0.29) is 0 Å². The van der Waals surface area contributed by atoms with E-state index in [1.165, 1.54) is 32.1 Å². The van der Waals surface area contributed by atoms with Crippen LogP contribution in [0, 0.1) is 17.3 Å². The largest absolute Gasteiger partial charge is 0.317 e. The highest BCUT2D eigenvalue weighted by molar-refractivity contribution is 5.04. The maximum atomic E-state index is 4.14. The van der Waals surface area contributed by atoms with Crippen molar-refractivity contribution < 1.29 is 0 Å². The molecule has 3 atom stereocenters. The fourth-order valence-corrected chi connectivity index (χ4v) is 3.69. The van der Waals surface area contributed by atoms with Crippen molar-refractivity contribution in [2.24, 2.45) is 17.3 Å². The van der Waals surface area contributed by atoms with Gasteiger partial charge in [-0.15, -0.1) is 6.58 Å². The zero-order chi connectivity index (χ0) is 12.2. The van der Waals surface area contributed by atoms with Crippen LogP contribution in [0.5, 0.6) is 0 Å². The number of hydrogen-bond acceptors (Lipinski definition) is 1. The first-order valence-electron chi connectivity index (χ1n) is 6.90. The molecular formula is C15H29N. The highest BCUT2D eigenvalue weighted by Crippen LogP contribution is 2.47. The third-order valence-electron chi connectivity index (χ3n) is 4.48. The van der Waals surface area contributed by atoms with Crippen molar-refractivity contribution in [1.82, 2.24) is 5.32 Å². The number of hydrogen-bond donors (Lipinski definition) is 1. The van der Waals surface area contributed by atoms with Crippen LogP contribution in [0.2, 0.25) is 0 Å². The summed E-state index contributed by atoms with van der Waals surface area (Å²) in [7, 11) is 2.11. The summed E-state index contributed by atoms with van der Waals surface area (Å²) in [5, 5.41) is 3.51. The Morgan fingerprint density at radius 1 is 1.44 bits per heavy atom. The Morgan fingerprint density at radius 3 is 2.56 bits per heavy atom. The standard InChI is InChI=1S/C15H29N/c1-6-15(7-2,11-12(3)4)13-9-8-10-14(13)16-5/h6,12-14,16H,1,7-11H2,2-5H3. The maximum absolute atomic E-state index is 4.14. The molecule has 94 valence electrons. The second kappa shape index (κ2) is 5.86. The van der Waals surface area contributed by atoms with E-state index in [0.29, 0.717) is 11.5 Å². The monoisotopic (exact) mass is 223 g/mol. The highest BCUT2D eigenvalue weighted by Gasteiger charge is 2.41. The average Bonchev–Trinajstić information content (AvgIpc) is 2.74. The molecule has 1 heteroatoms. The van der Waals surface area contributed by atoms with Gasteiger partial charge < -0.3 is 5.32 Å². The second-order valence-corrected chi connectivity index (χ2v) is 5.82. The van der Waals surface area contributed by atoms with Gasteiger partial charge >= 0.3 is 0 Å². The molecule has 0 saturated heterocycles. The van der Waals surface area contributed by atoms with Gasteiger partial charge in [0, 0.05) is 6.04 Å². The van der Waals surface area contributed by atoms with Crippen molar-refractivity contribution in [3.63, 3.8) is 0 Å². The van der Waals surface area contributed by atoms with Crippen LogP contribution in [0.1, 0.15) is 52.9 Å². The van der Waals surface area contributed by atoms with Crippen LogP contribution in [0.3, 0.4) is 0 Å². The molecule has 0 amide bonds. The predicted molar refractivity (Wildman–Crippen MR) is 72.6 cm³/mol. The maximum Gasteiger partial charge on any atom is 0.0101 e. The Balaban J connectivity index is 2.86. The molecule has 1 N–H and O–H groups in total. The third-order valence-corrected chi connectivity index (χ3v) is 4.48. The van der Waals surface area contributed by atoms with Crippen molar-refractivity contribution in [2.45, 2.75) is 58.9 Å². The van der Waals surface area contributed by atoms with Crippen LogP contribution in [-0.2, 0) is 0 Å². The quantitative estimate of drug-likeness (QED) is 0.671. The molecule has 3 unspecified atom stereocenters. The Hall–Kier alpha value is -0.300. The molecule has 0 aromatic rings. The van der Waals surface area contributed by atoms with E-state index >= 15 is 0 Å². The molecule has 1 saturated carbocycles. The van der Waals surface area contributed by atoms with Gasteiger partial charge in [0.2, 0.25) is 0 Å². The highest BCUT2D eigenvalue weighted by atomic mass is 14.9. The van der Waals surface area contributed by atoms with Crippen molar-refractivity contribution in [3.05, 3.63) is 12.7 Å². The van der Waals surface area contributed by atoms with Gasteiger partial charge in [-0.1, -0.05) is 33.3 Å². The summed E-state index contributed by atoms with van der Waals surface area (Å²) in [6.45, 7) is 11.1. The molecular weight excluding hydrogens is 194 g/mol. The summed E-state index contributed by atoms with van der Waals surface area (Å²) in [5.74, 6) is 1.55. The zero-order valence-corrected chi connectivity index (χ0v) is 11.6. The Bertz CT molecular complexity index is 221. The fraction of sp³-hybridized carbons (Fsp3) is 0.867. The van der Waals surface area contributed by atoms with Crippen LogP contribution in [0.15, 0.2) is 12.7 Å². The second-order valence-electron chi connectivity index (χ2n) is 5.82. The molecule has 1 aliphatic carbocycles. The Kier molecular flexibility index (Phi) is 5.04. The first-order chi connectivity index (χ1) is 7.59. The third kappa shape index (κ3) is 2.68. The van der Waals surface area contributed by atoms with E-state index in [1.807, 2.05) is 0 Å². The van der Waals surface area contributed by atoms with E-state index in [4.69, 9.17) is 0 Å². The molecule has 1 nitrogen and oxygen atoms in total. The van der Waals surface area contributed by atoms with Crippen LogP contribution in [0.4, 0.5) is 0 Å². The first-order valence-corrected chi connectivity index (χ1v) is 6.90. The topological polar surface area (TPSA) is 12.0 Å². The Morgan fingerprint density at radius 2 is 2.12 bits per heavy atom. The molecule has 16 heavy (non-hydrogen) atoms. The minimum Gasteiger partial charge on any atom is -0.317 e. The van der Waals surface area contributed by atoms with Crippen molar-refractivity contribution in [1.29, 1.82) is 0 Å². The molecule has 0 aliphatic heterocycles. The summed E-state index contributed by atoms with van der Waals surface area (Å²) < 4.78 is 0. The van der Waals surface area contributed by atoms with Gasteiger partial charge in [-0.25, -0.2) is 0 Å². The van der Waals surface area contributed by atoms with Gasteiger partial charge in [0.05, 0.1) is 0 Å². The molecule has 0 aromatic carbocycles. The smallest absolute Gasteiger partial charge is 0.0101 e. The normalized spacial score (nSPS) is 29.3. The van der Waals surface area contributed by atoms with Gasteiger partial charge in [0.15, 0.2) is 0 Å². The summed E-state index contributed by atoms with van der Waals surface area (Å²) in [4.78, 5) is 0. The SMILES string of the molecule is C=CC(CC)(CC(C)C)C1CCCC1NC. The van der Waals surface area contributed by atoms with E-state index in [1.54, 1.807) is 0 Å². The molecule has 1 rings (SSSR count). The van der Waals surface area contributed by atoms with Gasteiger partial charge in [0.1, 0.15) is 0 Å². The molecule has 0 aromatic heterocycles. The van der Waals surface area contributed by atoms with Gasteiger partial charge in [-0.05, 0) is 50.0 Å². The molecule has 0 radical (unpaired) electrons. The minimum atomic E-state index is 0.359. The van der Waals surface area contributed by atoms with Crippen LogP contribution in [0.25, 0.3) is 0 Å². The average molecular weight is 223 g/mol. The van der Waals surface area contributed by atoms with Crippen LogP contribution < -0.4 is 5.32 Å². The van der Waals surface area contributed by atoms with Gasteiger partial charge in [0.25, 0.3) is 0 Å². The van der Waals surface area contributed by atoms with E-state index < -0.39 is 0 Å². The summed E-state index contributed by atoms with van der Waals surface area (Å²) >= 11 is 0. The summed E-state index contributed by atoms with van der Waals surface area (Å²) in [5.41, 5.74) is 0.359. The summed E-state index contributed by atoms with van der Waals surface area (Å²) in [6.07, 6.45) is 8.87. The Labute approximate surface area is 102 Å². The summed E-state index contributed by atoms with van der Waals surface area (Å²) in [6, 6.07) is 0.705.